The Morgan fingerprint density at radius 2 is 1.71 bits per heavy atom. The van der Waals surface area contributed by atoms with E-state index in [0.717, 1.165) is 5.25 Å². The summed E-state index contributed by atoms with van der Waals surface area (Å²) in [4.78, 5) is 0. The Morgan fingerprint density at radius 3 is 1.71 bits per heavy atom. The minimum atomic E-state index is 0.00926. The third-order valence-electron chi connectivity index (χ3n) is 1.99. The van der Waals surface area contributed by atoms with Crippen molar-refractivity contribution >= 4 is 10.0 Å². The second-order valence-electron chi connectivity index (χ2n) is 2.81. The van der Waals surface area contributed by atoms with Crippen LogP contribution in [0, 0.1) is 0 Å². The molecule has 0 saturated carbocycles. The molecule has 1 aliphatic rings. The van der Waals surface area contributed by atoms with Crippen LogP contribution >= 0.6 is 10.0 Å². The van der Waals surface area contributed by atoms with Crippen molar-refractivity contribution in [3.8, 4) is 0 Å². The van der Waals surface area contributed by atoms with Gasteiger partial charge in [-0.05, 0) is 23.0 Å². The zero-order chi connectivity index (χ0) is 5.49. The molecule has 0 aromatic heterocycles. The molecule has 44 valence electrons. The maximum absolute atomic E-state index is 2.46. The standard InChI is InChI=1S/C6H14S/c1-6(2)7(3)4-5-7/h6H,4-5H2,1-3H3. The largest absolute Gasteiger partial charge is 0.240 e. The van der Waals surface area contributed by atoms with E-state index in [9.17, 15) is 0 Å². The van der Waals surface area contributed by atoms with Gasteiger partial charge < -0.3 is 0 Å². The van der Waals surface area contributed by atoms with E-state index in [0.29, 0.717) is 0 Å². The first-order valence-corrected chi connectivity index (χ1v) is 5.32. The van der Waals surface area contributed by atoms with Crippen molar-refractivity contribution in [2.24, 2.45) is 0 Å². The highest BCUT2D eigenvalue weighted by Crippen LogP contribution is 2.61. The number of hydrogen-bond donors (Lipinski definition) is 0. The molecule has 1 heterocycles. The molecule has 1 rings (SSSR count). The summed E-state index contributed by atoms with van der Waals surface area (Å²) in [6, 6.07) is 0. The van der Waals surface area contributed by atoms with E-state index < -0.39 is 0 Å². The SMILES string of the molecule is CC(C)S1(C)CC1. The molecule has 0 nitrogen and oxygen atoms in total. The van der Waals surface area contributed by atoms with Crippen LogP contribution in [0.2, 0.25) is 0 Å². The maximum Gasteiger partial charge on any atom is -0.0151 e. The fraction of sp³-hybridized carbons (Fsp3) is 1.00. The van der Waals surface area contributed by atoms with Crippen LogP contribution in [0.4, 0.5) is 0 Å². The lowest BCUT2D eigenvalue weighted by atomic mass is 10.6. The van der Waals surface area contributed by atoms with Crippen molar-refractivity contribution in [2.75, 3.05) is 17.8 Å². The first-order valence-electron chi connectivity index (χ1n) is 2.88. The molecule has 7 heavy (non-hydrogen) atoms. The summed E-state index contributed by atoms with van der Waals surface area (Å²) in [5.74, 6) is 3.09. The summed E-state index contributed by atoms with van der Waals surface area (Å²) in [5, 5.41) is 0.993. The zero-order valence-corrected chi connectivity index (χ0v) is 6.22. The van der Waals surface area contributed by atoms with E-state index in [4.69, 9.17) is 0 Å². The summed E-state index contributed by atoms with van der Waals surface area (Å²) in [6.07, 6.45) is 2.46. The first kappa shape index (κ1) is 5.49. The summed E-state index contributed by atoms with van der Waals surface area (Å²) in [7, 11) is 0.00926. The van der Waals surface area contributed by atoms with E-state index in [1.165, 1.54) is 0 Å². The highest BCUT2D eigenvalue weighted by Gasteiger charge is 2.33. The predicted octanol–water partition coefficient (Wildman–Crippen LogP) is 1.84. The molecular formula is C6H14S. The highest BCUT2D eigenvalue weighted by atomic mass is 32.3. The lowest BCUT2D eigenvalue weighted by Crippen LogP contribution is -1.94. The van der Waals surface area contributed by atoms with Crippen LogP contribution < -0.4 is 0 Å². The topological polar surface area (TPSA) is 0 Å². The van der Waals surface area contributed by atoms with Gasteiger partial charge in [0, 0.05) is 0 Å². The van der Waals surface area contributed by atoms with Crippen molar-refractivity contribution in [1.29, 1.82) is 0 Å². The molecule has 0 radical (unpaired) electrons. The van der Waals surface area contributed by atoms with E-state index in [1.54, 1.807) is 11.5 Å². The van der Waals surface area contributed by atoms with Gasteiger partial charge in [-0.3, -0.25) is 0 Å². The van der Waals surface area contributed by atoms with Crippen molar-refractivity contribution in [1.82, 2.24) is 0 Å². The van der Waals surface area contributed by atoms with Gasteiger partial charge in [0.05, 0.1) is 0 Å². The van der Waals surface area contributed by atoms with Crippen LogP contribution in [0.3, 0.4) is 0 Å². The molecule has 0 bridgehead atoms. The molecule has 0 aromatic rings. The van der Waals surface area contributed by atoms with E-state index in [-0.39, 0.29) is 10.0 Å². The average Bonchev–Trinajstić information content (AvgIpc) is 2.21. The molecule has 0 unspecified atom stereocenters. The van der Waals surface area contributed by atoms with Crippen molar-refractivity contribution in [2.45, 2.75) is 19.1 Å². The Hall–Kier alpha value is 0.350. The Morgan fingerprint density at radius 1 is 1.29 bits per heavy atom. The van der Waals surface area contributed by atoms with Gasteiger partial charge in [0.1, 0.15) is 0 Å². The van der Waals surface area contributed by atoms with Crippen LogP contribution in [0.15, 0.2) is 0 Å². The third-order valence-corrected chi connectivity index (χ3v) is 5.96. The molecule has 0 spiro atoms. The molecule has 1 heteroatoms. The fourth-order valence-corrected chi connectivity index (χ4v) is 2.60. The molecule has 0 N–H and O–H groups in total. The Labute approximate surface area is 47.6 Å². The normalized spacial score (nSPS) is 30.3. The van der Waals surface area contributed by atoms with Gasteiger partial charge in [0.2, 0.25) is 0 Å². The summed E-state index contributed by atoms with van der Waals surface area (Å²) in [6.45, 7) is 4.70. The summed E-state index contributed by atoms with van der Waals surface area (Å²) in [5.41, 5.74) is 0. The second-order valence-corrected chi connectivity index (χ2v) is 7.27. The third kappa shape index (κ3) is 0.933. The minimum Gasteiger partial charge on any atom is -0.240 e. The Balaban J connectivity index is 2.39. The van der Waals surface area contributed by atoms with Gasteiger partial charge >= 0.3 is 0 Å². The molecule has 0 atom stereocenters. The van der Waals surface area contributed by atoms with Crippen LogP contribution in [-0.4, -0.2) is 23.0 Å². The molecule has 1 saturated heterocycles. The quantitative estimate of drug-likeness (QED) is 0.461. The lowest BCUT2D eigenvalue weighted by Gasteiger charge is -2.17. The first-order chi connectivity index (χ1) is 3.15. The summed E-state index contributed by atoms with van der Waals surface area (Å²) >= 11 is 0. The zero-order valence-electron chi connectivity index (χ0n) is 5.40. The van der Waals surface area contributed by atoms with E-state index >= 15 is 0 Å². The van der Waals surface area contributed by atoms with Crippen LogP contribution in [0.1, 0.15) is 13.8 Å². The number of rotatable bonds is 1. The van der Waals surface area contributed by atoms with Crippen LogP contribution in [-0.2, 0) is 0 Å². The number of hydrogen-bond acceptors (Lipinski definition) is 0. The molecule has 0 amide bonds. The monoisotopic (exact) mass is 118 g/mol. The second kappa shape index (κ2) is 1.41. The van der Waals surface area contributed by atoms with E-state index in [2.05, 4.69) is 20.1 Å². The smallest absolute Gasteiger partial charge is 0.0151 e. The van der Waals surface area contributed by atoms with Gasteiger partial charge in [-0.1, -0.05) is 13.8 Å². The van der Waals surface area contributed by atoms with Gasteiger partial charge in [-0.2, -0.15) is 0 Å². The van der Waals surface area contributed by atoms with Gasteiger partial charge in [0.15, 0.2) is 0 Å². The minimum absolute atomic E-state index is 0.00926. The van der Waals surface area contributed by atoms with E-state index in [1.807, 2.05) is 0 Å². The molecule has 1 aliphatic heterocycles. The summed E-state index contributed by atoms with van der Waals surface area (Å²) < 4.78 is 0. The van der Waals surface area contributed by atoms with Gasteiger partial charge in [-0.25, -0.2) is 10.0 Å². The Bertz CT molecular complexity index is 72.2. The highest BCUT2D eigenvalue weighted by molar-refractivity contribution is 8.39. The van der Waals surface area contributed by atoms with Crippen LogP contribution in [0.25, 0.3) is 0 Å². The van der Waals surface area contributed by atoms with Gasteiger partial charge in [-0.15, -0.1) is 0 Å². The Kier molecular flexibility index (Phi) is 1.11. The molecule has 0 aromatic carbocycles. The van der Waals surface area contributed by atoms with Crippen molar-refractivity contribution in [3.05, 3.63) is 0 Å². The van der Waals surface area contributed by atoms with Crippen molar-refractivity contribution < 1.29 is 0 Å². The lowest BCUT2D eigenvalue weighted by molar-refractivity contribution is 1.11. The van der Waals surface area contributed by atoms with Crippen LogP contribution in [0.5, 0.6) is 0 Å². The fourth-order valence-electron chi connectivity index (χ4n) is 0.603. The molecule has 1 fully saturated rings. The molecule has 0 aliphatic carbocycles. The van der Waals surface area contributed by atoms with Crippen molar-refractivity contribution in [3.63, 3.8) is 0 Å². The average molecular weight is 118 g/mol. The molecular weight excluding hydrogens is 104 g/mol. The van der Waals surface area contributed by atoms with Gasteiger partial charge in [0.25, 0.3) is 0 Å². The maximum atomic E-state index is 2.46. The predicted molar refractivity (Wildman–Crippen MR) is 38.4 cm³/mol.